The van der Waals surface area contributed by atoms with E-state index in [-0.39, 0.29) is 5.91 Å². The summed E-state index contributed by atoms with van der Waals surface area (Å²) in [4.78, 5) is 13.6. The Kier molecular flexibility index (Phi) is 3.73. The van der Waals surface area contributed by atoms with E-state index in [2.05, 4.69) is 19.2 Å². The van der Waals surface area contributed by atoms with Crippen LogP contribution in [-0.4, -0.2) is 47.2 Å². The number of rotatable bonds is 6. The molecule has 1 saturated carbocycles. The molecule has 2 aliphatic rings. The van der Waals surface area contributed by atoms with Crippen LogP contribution in [-0.2, 0) is 4.79 Å². The summed E-state index contributed by atoms with van der Waals surface area (Å²) in [6.45, 7) is 6.23. The fraction of sp³-hybridized carbons (Fsp3) is 0.923. The van der Waals surface area contributed by atoms with E-state index < -0.39 is 5.60 Å². The molecule has 0 aromatic rings. The number of carbonyl (C=O) groups excluding carboxylic acids is 1. The number of nitrogens with zero attached hydrogens (tertiary/aromatic N) is 1. The van der Waals surface area contributed by atoms with Gasteiger partial charge in [0.25, 0.3) is 0 Å². The maximum atomic E-state index is 11.8. The molecule has 0 unspecified atom stereocenters. The van der Waals surface area contributed by atoms with Gasteiger partial charge in [-0.05, 0) is 31.7 Å². The van der Waals surface area contributed by atoms with Gasteiger partial charge in [-0.3, -0.25) is 4.79 Å². The molecule has 0 spiro atoms. The SMILES string of the molecule is CC(C)NCCCC(=O)N1CC(O)(C2CC2)C1. The fourth-order valence-electron chi connectivity index (χ4n) is 2.46. The van der Waals surface area contributed by atoms with Crippen molar-refractivity contribution in [3.8, 4) is 0 Å². The van der Waals surface area contributed by atoms with Gasteiger partial charge in [-0.25, -0.2) is 0 Å². The van der Waals surface area contributed by atoms with E-state index in [0.29, 0.717) is 31.5 Å². The third-order valence-electron chi connectivity index (χ3n) is 3.74. The lowest BCUT2D eigenvalue weighted by Gasteiger charge is -2.47. The summed E-state index contributed by atoms with van der Waals surface area (Å²) < 4.78 is 0. The van der Waals surface area contributed by atoms with E-state index >= 15 is 0 Å². The molecule has 1 aliphatic carbocycles. The van der Waals surface area contributed by atoms with Crippen LogP contribution in [0.3, 0.4) is 0 Å². The highest BCUT2D eigenvalue weighted by Gasteiger charge is 2.52. The molecule has 1 aliphatic heterocycles. The molecule has 0 aromatic heterocycles. The molecule has 0 aromatic carbocycles. The van der Waals surface area contributed by atoms with Crippen LogP contribution in [0.15, 0.2) is 0 Å². The highest BCUT2D eigenvalue weighted by Crippen LogP contribution is 2.44. The van der Waals surface area contributed by atoms with Crippen molar-refractivity contribution in [2.45, 2.75) is 51.2 Å². The highest BCUT2D eigenvalue weighted by molar-refractivity contribution is 5.77. The van der Waals surface area contributed by atoms with Crippen LogP contribution in [0.1, 0.15) is 39.5 Å². The molecule has 4 nitrogen and oxygen atoms in total. The van der Waals surface area contributed by atoms with Crippen molar-refractivity contribution < 1.29 is 9.90 Å². The van der Waals surface area contributed by atoms with E-state index in [0.717, 1.165) is 25.8 Å². The summed E-state index contributed by atoms with van der Waals surface area (Å²) in [6.07, 6.45) is 3.75. The molecule has 1 heterocycles. The minimum absolute atomic E-state index is 0.195. The van der Waals surface area contributed by atoms with Crippen molar-refractivity contribution >= 4 is 5.91 Å². The molecule has 0 radical (unpaired) electrons. The second kappa shape index (κ2) is 4.94. The van der Waals surface area contributed by atoms with Crippen molar-refractivity contribution in [2.24, 2.45) is 5.92 Å². The van der Waals surface area contributed by atoms with Gasteiger partial charge in [0.2, 0.25) is 5.91 Å². The van der Waals surface area contributed by atoms with Gasteiger partial charge in [-0.1, -0.05) is 13.8 Å². The minimum Gasteiger partial charge on any atom is -0.386 e. The molecular weight excluding hydrogens is 216 g/mol. The van der Waals surface area contributed by atoms with Crippen molar-refractivity contribution in [1.29, 1.82) is 0 Å². The lowest BCUT2D eigenvalue weighted by atomic mass is 9.88. The smallest absolute Gasteiger partial charge is 0.222 e. The fourth-order valence-corrected chi connectivity index (χ4v) is 2.46. The first-order chi connectivity index (χ1) is 8.01. The number of aliphatic hydroxyl groups is 1. The zero-order valence-corrected chi connectivity index (χ0v) is 10.9. The maximum absolute atomic E-state index is 11.8. The summed E-state index contributed by atoms with van der Waals surface area (Å²) in [6, 6.07) is 0.481. The molecule has 0 bridgehead atoms. The van der Waals surface area contributed by atoms with Crippen LogP contribution in [0.25, 0.3) is 0 Å². The van der Waals surface area contributed by atoms with Crippen molar-refractivity contribution in [3.63, 3.8) is 0 Å². The summed E-state index contributed by atoms with van der Waals surface area (Å²) in [7, 11) is 0. The monoisotopic (exact) mass is 240 g/mol. The first-order valence-electron chi connectivity index (χ1n) is 6.75. The Bertz CT molecular complexity index is 281. The standard InChI is InChI=1S/C13H24N2O2/c1-10(2)14-7-3-4-12(16)15-8-13(17,9-15)11-5-6-11/h10-11,14,17H,3-9H2,1-2H3. The normalized spacial score (nSPS) is 22.7. The van der Waals surface area contributed by atoms with E-state index in [9.17, 15) is 9.90 Å². The van der Waals surface area contributed by atoms with E-state index in [1.807, 2.05) is 0 Å². The first-order valence-corrected chi connectivity index (χ1v) is 6.75. The molecule has 0 atom stereocenters. The van der Waals surface area contributed by atoms with Crippen molar-refractivity contribution in [3.05, 3.63) is 0 Å². The van der Waals surface area contributed by atoms with Crippen LogP contribution in [0.5, 0.6) is 0 Å². The Morgan fingerprint density at radius 2 is 2.12 bits per heavy atom. The zero-order valence-electron chi connectivity index (χ0n) is 10.9. The number of hydrogen-bond acceptors (Lipinski definition) is 3. The number of carbonyl (C=O) groups is 1. The molecule has 2 rings (SSSR count). The van der Waals surface area contributed by atoms with Crippen LogP contribution in [0.4, 0.5) is 0 Å². The molecule has 1 amide bonds. The summed E-state index contributed by atoms with van der Waals surface area (Å²) in [5.41, 5.74) is -0.536. The van der Waals surface area contributed by atoms with Crippen LogP contribution < -0.4 is 5.32 Å². The van der Waals surface area contributed by atoms with Gasteiger partial charge >= 0.3 is 0 Å². The Morgan fingerprint density at radius 3 is 2.65 bits per heavy atom. The minimum atomic E-state index is -0.536. The summed E-state index contributed by atoms with van der Waals surface area (Å²) >= 11 is 0. The third-order valence-corrected chi connectivity index (χ3v) is 3.74. The van der Waals surface area contributed by atoms with Gasteiger partial charge in [0, 0.05) is 12.5 Å². The first kappa shape index (κ1) is 12.8. The molecule has 1 saturated heterocycles. The predicted molar refractivity (Wildman–Crippen MR) is 66.6 cm³/mol. The Labute approximate surface area is 103 Å². The number of β-amino-alcohol motifs (C(OH)–C–C–N with tert-alkyl or cyclic N) is 1. The summed E-state index contributed by atoms with van der Waals surface area (Å²) in [5.74, 6) is 0.662. The molecule has 4 heteroatoms. The second-order valence-corrected chi connectivity index (χ2v) is 5.84. The molecule has 2 N–H and O–H groups in total. The largest absolute Gasteiger partial charge is 0.386 e. The van der Waals surface area contributed by atoms with Crippen LogP contribution in [0.2, 0.25) is 0 Å². The molecule has 2 fully saturated rings. The average molecular weight is 240 g/mol. The highest BCUT2D eigenvalue weighted by atomic mass is 16.3. The van der Waals surface area contributed by atoms with Crippen molar-refractivity contribution in [1.82, 2.24) is 10.2 Å². The van der Waals surface area contributed by atoms with E-state index in [1.165, 1.54) is 0 Å². The Morgan fingerprint density at radius 1 is 1.47 bits per heavy atom. The van der Waals surface area contributed by atoms with Crippen LogP contribution in [0, 0.1) is 5.92 Å². The average Bonchev–Trinajstić information content (AvgIpc) is 3.02. The van der Waals surface area contributed by atoms with Crippen molar-refractivity contribution in [2.75, 3.05) is 19.6 Å². The Balaban J connectivity index is 1.59. The van der Waals surface area contributed by atoms with Crippen LogP contribution >= 0.6 is 0 Å². The summed E-state index contributed by atoms with van der Waals surface area (Å²) in [5, 5.41) is 13.4. The van der Waals surface area contributed by atoms with Gasteiger partial charge in [-0.15, -0.1) is 0 Å². The maximum Gasteiger partial charge on any atom is 0.222 e. The van der Waals surface area contributed by atoms with Gasteiger partial charge in [0.1, 0.15) is 5.60 Å². The quantitative estimate of drug-likeness (QED) is 0.674. The second-order valence-electron chi connectivity index (χ2n) is 5.84. The Hall–Kier alpha value is -0.610. The molecule has 98 valence electrons. The zero-order chi connectivity index (χ0) is 12.5. The molecular formula is C13H24N2O2. The lowest BCUT2D eigenvalue weighted by molar-refractivity contribution is -0.159. The van der Waals surface area contributed by atoms with Gasteiger partial charge < -0.3 is 15.3 Å². The number of nitrogens with one attached hydrogen (secondary N) is 1. The van der Waals surface area contributed by atoms with Gasteiger partial charge in [0.15, 0.2) is 0 Å². The topological polar surface area (TPSA) is 52.6 Å². The predicted octanol–water partition coefficient (Wildman–Crippen LogP) is 0.748. The number of amides is 1. The molecule has 17 heavy (non-hydrogen) atoms. The van der Waals surface area contributed by atoms with E-state index in [1.54, 1.807) is 4.90 Å². The lowest BCUT2D eigenvalue weighted by Crippen LogP contribution is -2.64. The number of hydrogen-bond donors (Lipinski definition) is 2. The number of likely N-dealkylation sites (tertiary alicyclic amines) is 1. The van der Waals surface area contributed by atoms with E-state index in [4.69, 9.17) is 0 Å². The third kappa shape index (κ3) is 3.19. The van der Waals surface area contributed by atoms with Gasteiger partial charge in [0.05, 0.1) is 13.1 Å². The van der Waals surface area contributed by atoms with Gasteiger partial charge in [-0.2, -0.15) is 0 Å².